The van der Waals surface area contributed by atoms with Crippen molar-refractivity contribution in [2.24, 2.45) is 7.05 Å². The van der Waals surface area contributed by atoms with Crippen LogP contribution >= 0.6 is 11.3 Å². The van der Waals surface area contributed by atoms with E-state index in [4.69, 9.17) is 4.98 Å². The second kappa shape index (κ2) is 7.11. The fraction of sp³-hybridized carbons (Fsp3) is 0.286. The molecule has 1 aromatic carbocycles. The van der Waals surface area contributed by atoms with Gasteiger partial charge in [0.2, 0.25) is 5.95 Å². The van der Waals surface area contributed by atoms with Crippen molar-refractivity contribution in [3.8, 4) is 0 Å². The zero-order valence-electron chi connectivity index (χ0n) is 16.0. The van der Waals surface area contributed by atoms with Gasteiger partial charge in [0.15, 0.2) is 0 Å². The third-order valence-corrected chi connectivity index (χ3v) is 6.56. The van der Waals surface area contributed by atoms with Crippen LogP contribution in [0, 0.1) is 5.82 Å². The first-order valence-corrected chi connectivity index (χ1v) is 10.5. The van der Waals surface area contributed by atoms with Crippen molar-refractivity contribution in [1.82, 2.24) is 19.3 Å². The average Bonchev–Trinajstić information content (AvgIpc) is 3.31. The summed E-state index contributed by atoms with van der Waals surface area (Å²) in [4.78, 5) is 19.8. The lowest BCUT2D eigenvalue weighted by Gasteiger charge is -2.11. The number of nitrogens with one attached hydrogen (secondary N) is 1. The Morgan fingerprint density at radius 3 is 2.93 bits per heavy atom. The molecule has 0 radical (unpaired) electrons. The van der Waals surface area contributed by atoms with Crippen LogP contribution in [0.15, 0.2) is 41.5 Å². The normalized spacial score (nSPS) is 13.6. The van der Waals surface area contributed by atoms with E-state index in [1.165, 1.54) is 22.9 Å². The Kier molecular flexibility index (Phi) is 4.43. The van der Waals surface area contributed by atoms with Crippen LogP contribution in [-0.4, -0.2) is 19.3 Å². The zero-order chi connectivity index (χ0) is 20.0. The number of hydrogen-bond acceptors (Lipinski definition) is 5. The van der Waals surface area contributed by atoms with E-state index in [1.54, 1.807) is 58.2 Å². The van der Waals surface area contributed by atoms with Crippen LogP contribution in [0.2, 0.25) is 0 Å². The Bertz CT molecular complexity index is 1270. The number of aromatic nitrogens is 4. The summed E-state index contributed by atoms with van der Waals surface area (Å²) < 4.78 is 17.1. The van der Waals surface area contributed by atoms with E-state index in [-0.39, 0.29) is 11.4 Å². The Hall–Kier alpha value is -3.00. The van der Waals surface area contributed by atoms with Gasteiger partial charge in [0.1, 0.15) is 10.6 Å². The molecule has 0 saturated heterocycles. The van der Waals surface area contributed by atoms with Crippen molar-refractivity contribution in [1.29, 1.82) is 0 Å². The second-order valence-electron chi connectivity index (χ2n) is 7.33. The lowest BCUT2D eigenvalue weighted by Crippen LogP contribution is -2.21. The molecule has 0 saturated carbocycles. The number of nitrogens with zero attached hydrogens (tertiary/aromatic N) is 4. The van der Waals surface area contributed by atoms with Crippen LogP contribution in [-0.2, 0) is 26.4 Å². The average molecular weight is 409 g/mol. The molecule has 0 bridgehead atoms. The molecule has 0 spiro atoms. The van der Waals surface area contributed by atoms with Crippen molar-refractivity contribution in [2.45, 2.75) is 32.2 Å². The summed E-state index contributed by atoms with van der Waals surface area (Å²) in [6, 6.07) is 6.64. The molecule has 1 N–H and O–H groups in total. The highest BCUT2D eigenvalue weighted by Crippen LogP contribution is 2.34. The smallest absolute Gasteiger partial charge is 0.263 e. The molecule has 4 aromatic rings. The molecule has 8 heteroatoms. The summed E-state index contributed by atoms with van der Waals surface area (Å²) in [5, 5.41) is 8.25. The fourth-order valence-corrected chi connectivity index (χ4v) is 5.09. The summed E-state index contributed by atoms with van der Waals surface area (Å²) in [5.74, 6) is 0.222. The van der Waals surface area contributed by atoms with Crippen molar-refractivity contribution < 1.29 is 4.39 Å². The quantitative estimate of drug-likeness (QED) is 0.553. The molecule has 0 fully saturated rings. The minimum atomic E-state index is -0.256. The first-order chi connectivity index (χ1) is 14.1. The monoisotopic (exact) mass is 409 g/mol. The van der Waals surface area contributed by atoms with E-state index in [0.29, 0.717) is 23.7 Å². The molecule has 0 aliphatic heterocycles. The number of aryl methyl sites for hydroxylation is 2. The molecule has 5 rings (SSSR count). The van der Waals surface area contributed by atoms with E-state index in [9.17, 15) is 9.18 Å². The van der Waals surface area contributed by atoms with Crippen molar-refractivity contribution >= 4 is 33.2 Å². The molecule has 0 atom stereocenters. The Balaban J connectivity index is 1.45. The van der Waals surface area contributed by atoms with Gasteiger partial charge in [0.25, 0.3) is 5.56 Å². The SMILES string of the molecule is Cn1c(Nc2cnn(Cc3ccccc3F)c2)nc2sc3c(c2c1=O)CCCC3. The summed E-state index contributed by atoms with van der Waals surface area (Å²) >= 11 is 1.63. The molecule has 3 aromatic heterocycles. The molecule has 0 unspecified atom stereocenters. The topological polar surface area (TPSA) is 64.7 Å². The molecular weight excluding hydrogens is 389 g/mol. The maximum absolute atomic E-state index is 13.9. The van der Waals surface area contributed by atoms with Crippen LogP contribution in [0.3, 0.4) is 0 Å². The number of benzene rings is 1. The minimum absolute atomic E-state index is 0.0179. The van der Waals surface area contributed by atoms with E-state index in [1.807, 2.05) is 0 Å². The minimum Gasteiger partial charge on any atom is -0.323 e. The van der Waals surface area contributed by atoms with Crippen LogP contribution in [0.4, 0.5) is 16.0 Å². The van der Waals surface area contributed by atoms with Crippen LogP contribution in [0.5, 0.6) is 0 Å². The Morgan fingerprint density at radius 1 is 1.24 bits per heavy atom. The number of fused-ring (bicyclic) bond motifs is 3. The predicted molar refractivity (Wildman–Crippen MR) is 113 cm³/mol. The second-order valence-corrected chi connectivity index (χ2v) is 8.42. The molecule has 1 aliphatic rings. The number of anilines is 2. The number of hydrogen-bond donors (Lipinski definition) is 1. The zero-order valence-corrected chi connectivity index (χ0v) is 16.8. The third kappa shape index (κ3) is 3.23. The highest BCUT2D eigenvalue weighted by atomic mass is 32.1. The van der Waals surface area contributed by atoms with Gasteiger partial charge < -0.3 is 5.32 Å². The number of halogens is 1. The molecule has 29 heavy (non-hydrogen) atoms. The van der Waals surface area contributed by atoms with Crippen LogP contribution in [0.25, 0.3) is 10.2 Å². The van der Waals surface area contributed by atoms with E-state index >= 15 is 0 Å². The van der Waals surface area contributed by atoms with Crippen molar-refractivity contribution in [3.63, 3.8) is 0 Å². The van der Waals surface area contributed by atoms with E-state index in [2.05, 4.69) is 10.4 Å². The third-order valence-electron chi connectivity index (χ3n) is 5.38. The molecule has 6 nitrogen and oxygen atoms in total. The summed E-state index contributed by atoms with van der Waals surface area (Å²) in [6.45, 7) is 0.331. The first-order valence-electron chi connectivity index (χ1n) is 9.64. The molecular formula is C21H20FN5OS. The van der Waals surface area contributed by atoms with Crippen LogP contribution < -0.4 is 10.9 Å². The largest absolute Gasteiger partial charge is 0.323 e. The number of rotatable bonds is 4. The lowest BCUT2D eigenvalue weighted by atomic mass is 9.97. The van der Waals surface area contributed by atoms with Gasteiger partial charge in [-0.3, -0.25) is 14.0 Å². The molecule has 148 valence electrons. The van der Waals surface area contributed by atoms with Gasteiger partial charge in [-0.2, -0.15) is 5.10 Å². The Labute approximate surface area is 170 Å². The van der Waals surface area contributed by atoms with Gasteiger partial charge >= 0.3 is 0 Å². The maximum Gasteiger partial charge on any atom is 0.263 e. The van der Waals surface area contributed by atoms with Crippen LogP contribution in [0.1, 0.15) is 28.8 Å². The van der Waals surface area contributed by atoms with Gasteiger partial charge in [-0.25, -0.2) is 9.37 Å². The highest BCUT2D eigenvalue weighted by Gasteiger charge is 2.21. The predicted octanol–water partition coefficient (Wildman–Crippen LogP) is 4.00. The number of thiophene rings is 1. The van der Waals surface area contributed by atoms with Gasteiger partial charge in [-0.15, -0.1) is 11.3 Å². The van der Waals surface area contributed by atoms with Crippen molar-refractivity contribution in [3.05, 3.63) is 68.8 Å². The van der Waals surface area contributed by atoms with E-state index in [0.717, 1.165) is 29.5 Å². The molecule has 3 heterocycles. The molecule has 1 aliphatic carbocycles. The molecule has 0 amide bonds. The van der Waals surface area contributed by atoms with Crippen molar-refractivity contribution in [2.75, 3.05) is 5.32 Å². The first kappa shape index (κ1) is 18.1. The maximum atomic E-state index is 13.9. The summed E-state index contributed by atoms with van der Waals surface area (Å²) in [5.41, 5.74) is 2.44. The van der Waals surface area contributed by atoms with E-state index < -0.39 is 0 Å². The summed E-state index contributed by atoms with van der Waals surface area (Å²) in [6.07, 6.45) is 7.72. The van der Waals surface area contributed by atoms with Gasteiger partial charge in [-0.1, -0.05) is 18.2 Å². The summed E-state index contributed by atoms with van der Waals surface area (Å²) in [7, 11) is 1.73. The Morgan fingerprint density at radius 2 is 2.07 bits per heavy atom. The fourth-order valence-electron chi connectivity index (χ4n) is 3.84. The van der Waals surface area contributed by atoms with Gasteiger partial charge in [-0.05, 0) is 37.3 Å². The standard InChI is InChI=1S/C21H20FN5OS/c1-26-20(28)18-15-7-3-5-9-17(15)29-19(18)25-21(26)24-14-10-23-27(12-14)11-13-6-2-4-8-16(13)22/h2,4,6,8,10,12H,3,5,7,9,11H2,1H3,(H,24,25). The highest BCUT2D eigenvalue weighted by molar-refractivity contribution is 7.18. The van der Waals surface area contributed by atoms with Gasteiger partial charge in [0.05, 0.1) is 23.8 Å². The van der Waals surface area contributed by atoms with Gasteiger partial charge in [0, 0.05) is 23.7 Å². The lowest BCUT2D eigenvalue weighted by molar-refractivity contribution is 0.585.